The number of nitrogens with zero attached hydrogens (tertiary/aromatic N) is 1. The van der Waals surface area contributed by atoms with Crippen LogP contribution in [0, 0.1) is 0 Å². The maximum absolute atomic E-state index is 13.6. The fourth-order valence-electron chi connectivity index (χ4n) is 4.89. The molecule has 2 aromatic rings. The van der Waals surface area contributed by atoms with Gasteiger partial charge in [0.15, 0.2) is 17.3 Å². The van der Waals surface area contributed by atoms with Gasteiger partial charge in [-0.2, -0.15) is 0 Å². The number of carbonyl (C=O) groups excluding carboxylic acids is 2. The van der Waals surface area contributed by atoms with E-state index < -0.39 is 0 Å². The topological polar surface area (TPSA) is 65.1 Å². The highest BCUT2D eigenvalue weighted by Crippen LogP contribution is 2.48. The summed E-state index contributed by atoms with van der Waals surface area (Å²) in [4.78, 5) is 28.6. The maximum Gasteiger partial charge on any atom is 0.232 e. The van der Waals surface area contributed by atoms with Crippen LogP contribution in [-0.4, -0.2) is 33.0 Å². The number of aryl methyl sites for hydroxylation is 1. The van der Waals surface area contributed by atoms with Crippen molar-refractivity contribution < 1.29 is 23.8 Å². The molecule has 1 aliphatic carbocycles. The molecule has 6 heteroatoms. The van der Waals surface area contributed by atoms with Gasteiger partial charge in [0, 0.05) is 41.7 Å². The number of anilines is 1. The molecule has 0 unspecified atom stereocenters. The number of hydrogen-bond donors (Lipinski definition) is 0. The Bertz CT molecular complexity index is 1090. The lowest BCUT2D eigenvalue weighted by Crippen LogP contribution is -2.41. The van der Waals surface area contributed by atoms with Crippen molar-refractivity contribution in [1.82, 2.24) is 0 Å². The maximum atomic E-state index is 13.6. The molecule has 0 bridgehead atoms. The lowest BCUT2D eigenvalue weighted by Gasteiger charge is -2.39. The van der Waals surface area contributed by atoms with Crippen LogP contribution in [0.2, 0.25) is 0 Å². The van der Waals surface area contributed by atoms with Gasteiger partial charge in [-0.25, -0.2) is 0 Å². The zero-order valence-electron chi connectivity index (χ0n) is 19.1. The quantitative estimate of drug-likeness (QED) is 0.652. The Morgan fingerprint density at radius 2 is 1.62 bits per heavy atom. The van der Waals surface area contributed by atoms with E-state index >= 15 is 0 Å². The number of ether oxygens (including phenoxy) is 3. The van der Waals surface area contributed by atoms with Crippen molar-refractivity contribution in [2.75, 3.05) is 26.2 Å². The van der Waals surface area contributed by atoms with E-state index in [1.807, 2.05) is 30.3 Å². The zero-order chi connectivity index (χ0) is 22.8. The summed E-state index contributed by atoms with van der Waals surface area (Å²) in [6.07, 6.45) is 2.92. The minimum absolute atomic E-state index is 0.0128. The molecular formula is C26H29NO5. The van der Waals surface area contributed by atoms with Crippen LogP contribution in [0.15, 0.2) is 47.7 Å². The van der Waals surface area contributed by atoms with Gasteiger partial charge in [0.25, 0.3) is 0 Å². The Hall–Kier alpha value is -3.28. The van der Waals surface area contributed by atoms with Crippen LogP contribution in [0.4, 0.5) is 5.69 Å². The van der Waals surface area contributed by atoms with Crippen LogP contribution in [0.1, 0.15) is 49.7 Å². The van der Waals surface area contributed by atoms with Crippen molar-refractivity contribution in [2.24, 2.45) is 0 Å². The van der Waals surface area contributed by atoms with Gasteiger partial charge in [-0.1, -0.05) is 25.1 Å². The molecule has 0 fully saturated rings. The number of Topliss-reactive ketones (excluding diaryl/α,β-unsaturated/α-hetero) is 1. The van der Waals surface area contributed by atoms with Gasteiger partial charge < -0.3 is 14.2 Å². The molecule has 0 N–H and O–H groups in total. The van der Waals surface area contributed by atoms with Gasteiger partial charge in [0.2, 0.25) is 5.91 Å². The molecule has 0 spiro atoms. The molecule has 0 saturated heterocycles. The first kappa shape index (κ1) is 21.9. The number of para-hydroxylation sites is 1. The normalized spacial score (nSPS) is 18.5. The number of methoxy groups -OCH3 is 3. The van der Waals surface area contributed by atoms with E-state index in [0.717, 1.165) is 35.4 Å². The van der Waals surface area contributed by atoms with E-state index in [-0.39, 0.29) is 24.0 Å². The van der Waals surface area contributed by atoms with Crippen molar-refractivity contribution in [1.29, 1.82) is 0 Å². The highest BCUT2D eigenvalue weighted by Gasteiger charge is 2.41. The van der Waals surface area contributed by atoms with Crippen LogP contribution in [-0.2, 0) is 16.0 Å². The van der Waals surface area contributed by atoms with Crippen molar-refractivity contribution in [3.63, 3.8) is 0 Å². The van der Waals surface area contributed by atoms with Crippen LogP contribution < -0.4 is 19.1 Å². The number of carbonyl (C=O) groups is 2. The number of rotatable bonds is 6. The highest BCUT2D eigenvalue weighted by atomic mass is 16.5. The average molecular weight is 436 g/mol. The second kappa shape index (κ2) is 9.07. The Morgan fingerprint density at radius 3 is 2.31 bits per heavy atom. The second-order valence-corrected chi connectivity index (χ2v) is 8.05. The minimum Gasteiger partial charge on any atom is -0.496 e. The first-order valence-corrected chi connectivity index (χ1v) is 11.0. The summed E-state index contributed by atoms with van der Waals surface area (Å²) in [6.45, 7) is 2.08. The van der Waals surface area contributed by atoms with Crippen molar-refractivity contribution in [3.8, 4) is 17.2 Å². The van der Waals surface area contributed by atoms with E-state index in [4.69, 9.17) is 14.2 Å². The first-order valence-electron chi connectivity index (χ1n) is 11.0. The Labute approximate surface area is 188 Å². The number of amides is 1. The molecule has 168 valence electrons. The third kappa shape index (κ3) is 3.64. The molecule has 0 radical (unpaired) electrons. The molecule has 2 aromatic carbocycles. The average Bonchev–Trinajstić information content (AvgIpc) is 2.82. The third-order valence-electron chi connectivity index (χ3n) is 6.40. The van der Waals surface area contributed by atoms with Gasteiger partial charge >= 0.3 is 0 Å². The summed E-state index contributed by atoms with van der Waals surface area (Å²) in [6, 6.07) is 11.5. The Morgan fingerprint density at radius 1 is 0.938 bits per heavy atom. The highest BCUT2D eigenvalue weighted by molar-refractivity contribution is 6.08. The molecule has 6 nitrogen and oxygen atoms in total. The van der Waals surface area contributed by atoms with E-state index in [2.05, 4.69) is 6.92 Å². The summed E-state index contributed by atoms with van der Waals surface area (Å²) in [5.74, 6) is 1.36. The monoisotopic (exact) mass is 435 g/mol. The Kier molecular flexibility index (Phi) is 6.21. The smallest absolute Gasteiger partial charge is 0.232 e. The predicted octanol–water partition coefficient (Wildman–Crippen LogP) is 4.80. The van der Waals surface area contributed by atoms with Gasteiger partial charge in [0.05, 0.1) is 27.0 Å². The fourth-order valence-corrected chi connectivity index (χ4v) is 4.89. The fraction of sp³-hybridized carbons (Fsp3) is 0.385. The van der Waals surface area contributed by atoms with Crippen LogP contribution in [0.3, 0.4) is 0 Å². The second-order valence-electron chi connectivity index (χ2n) is 8.05. The number of hydrogen-bond acceptors (Lipinski definition) is 5. The first-order chi connectivity index (χ1) is 15.5. The van der Waals surface area contributed by atoms with Crippen LogP contribution >= 0.6 is 0 Å². The van der Waals surface area contributed by atoms with E-state index in [1.165, 1.54) is 0 Å². The molecule has 0 aromatic heterocycles. The van der Waals surface area contributed by atoms with Gasteiger partial charge in [-0.15, -0.1) is 0 Å². The largest absolute Gasteiger partial charge is 0.496 e. The summed E-state index contributed by atoms with van der Waals surface area (Å²) >= 11 is 0. The van der Waals surface area contributed by atoms with Crippen LogP contribution in [0.5, 0.6) is 17.2 Å². The Balaban J connectivity index is 1.92. The molecule has 1 heterocycles. The molecule has 4 rings (SSSR count). The molecular weight excluding hydrogens is 406 g/mol. The number of benzene rings is 2. The minimum atomic E-state index is -0.384. The summed E-state index contributed by atoms with van der Waals surface area (Å²) in [7, 11) is 4.71. The van der Waals surface area contributed by atoms with E-state index in [1.54, 1.807) is 32.3 Å². The number of ketones is 1. The molecule has 32 heavy (non-hydrogen) atoms. The van der Waals surface area contributed by atoms with E-state index in [0.29, 0.717) is 35.7 Å². The van der Waals surface area contributed by atoms with Gasteiger partial charge in [0.1, 0.15) is 5.75 Å². The van der Waals surface area contributed by atoms with Crippen LogP contribution in [0.25, 0.3) is 0 Å². The molecule has 1 aliphatic heterocycles. The lowest BCUT2D eigenvalue weighted by atomic mass is 9.76. The van der Waals surface area contributed by atoms with Gasteiger partial charge in [-0.3, -0.25) is 14.5 Å². The third-order valence-corrected chi connectivity index (χ3v) is 6.40. The van der Waals surface area contributed by atoms with Crippen molar-refractivity contribution in [2.45, 2.75) is 44.9 Å². The molecule has 2 aliphatic rings. The SMILES string of the molecule is CCc1ccccc1N1C(=O)C[C@@H](c2cc(OC)c(OC)cc2OC)C2=C1CCCC2=O. The summed E-state index contributed by atoms with van der Waals surface area (Å²) in [5.41, 5.74) is 4.27. The van der Waals surface area contributed by atoms with Crippen molar-refractivity contribution in [3.05, 3.63) is 58.8 Å². The molecule has 1 amide bonds. The molecule has 1 atom stereocenters. The van der Waals surface area contributed by atoms with Crippen molar-refractivity contribution >= 4 is 17.4 Å². The zero-order valence-corrected chi connectivity index (χ0v) is 19.1. The van der Waals surface area contributed by atoms with E-state index in [9.17, 15) is 9.59 Å². The lowest BCUT2D eigenvalue weighted by molar-refractivity contribution is -0.119. The molecule has 0 saturated carbocycles. The standard InChI is InChI=1S/C26H29NO5/c1-5-16-9-6-7-10-19(16)27-20-11-8-12-21(28)26(20)18(14-25(27)29)17-13-23(31-3)24(32-4)15-22(17)30-2/h6-7,9-10,13,15,18H,5,8,11-12,14H2,1-4H3/t18-/m0/s1. The summed E-state index contributed by atoms with van der Waals surface area (Å²) < 4.78 is 16.6. The number of allylic oxidation sites excluding steroid dienone is 2. The van der Waals surface area contributed by atoms with Gasteiger partial charge in [-0.05, 0) is 37.0 Å². The summed E-state index contributed by atoms with van der Waals surface area (Å²) in [5, 5.41) is 0. The predicted molar refractivity (Wildman–Crippen MR) is 123 cm³/mol.